The second-order valence-corrected chi connectivity index (χ2v) is 3.28. The largest absolute Gasteiger partial charge is 0.460 e. The number of hydrogen-bond donors (Lipinski definition) is 1. The van der Waals surface area contributed by atoms with E-state index >= 15 is 0 Å². The molecule has 0 bridgehead atoms. The third-order valence-electron chi connectivity index (χ3n) is 2.23. The summed E-state index contributed by atoms with van der Waals surface area (Å²) in [6.45, 7) is 1.95. The number of benzene rings is 1. The third-order valence-corrected chi connectivity index (χ3v) is 2.23. The van der Waals surface area contributed by atoms with Crippen molar-refractivity contribution in [1.82, 2.24) is 0 Å². The highest BCUT2D eigenvalue weighted by atomic mass is 16.5. The molecular weight excluding hydrogens is 206 g/mol. The first kappa shape index (κ1) is 12.4. The van der Waals surface area contributed by atoms with Crippen molar-refractivity contribution in [3.63, 3.8) is 0 Å². The number of nitrogens with two attached hydrogens (primary N) is 1. The first-order valence-corrected chi connectivity index (χ1v) is 5.16. The van der Waals surface area contributed by atoms with Gasteiger partial charge in [-0.05, 0) is 12.5 Å². The monoisotopic (exact) mass is 221 g/mol. The predicted molar refractivity (Wildman–Crippen MR) is 59.9 cm³/mol. The molecule has 1 rings (SSSR count). The molecule has 0 radical (unpaired) electrons. The summed E-state index contributed by atoms with van der Waals surface area (Å²) >= 11 is 0. The zero-order valence-corrected chi connectivity index (χ0v) is 9.18. The molecule has 0 amide bonds. The highest BCUT2D eigenvalue weighted by Crippen LogP contribution is 2.15. The molecule has 2 N–H and O–H groups in total. The van der Waals surface area contributed by atoms with Gasteiger partial charge in [0.2, 0.25) is 5.78 Å². The van der Waals surface area contributed by atoms with Gasteiger partial charge in [-0.25, -0.2) is 4.79 Å². The molecule has 0 aromatic heterocycles. The first-order valence-electron chi connectivity index (χ1n) is 5.16. The smallest absolute Gasteiger partial charge is 0.375 e. The topological polar surface area (TPSA) is 69.4 Å². The quantitative estimate of drug-likeness (QED) is 0.591. The van der Waals surface area contributed by atoms with Crippen molar-refractivity contribution >= 4 is 11.8 Å². The van der Waals surface area contributed by atoms with Crippen molar-refractivity contribution in [3.8, 4) is 0 Å². The summed E-state index contributed by atoms with van der Waals surface area (Å²) in [7, 11) is 0. The average molecular weight is 221 g/mol. The zero-order valence-electron chi connectivity index (χ0n) is 9.18. The van der Waals surface area contributed by atoms with Gasteiger partial charge in [-0.1, -0.05) is 30.3 Å². The SMILES string of the molecule is CCOC(=O)C(=O)C(CN)c1ccccc1. The fraction of sp³-hybridized carbons (Fsp3) is 0.333. The lowest BCUT2D eigenvalue weighted by atomic mass is 9.95. The van der Waals surface area contributed by atoms with Crippen LogP contribution >= 0.6 is 0 Å². The van der Waals surface area contributed by atoms with E-state index in [4.69, 9.17) is 5.73 Å². The van der Waals surface area contributed by atoms with Crippen molar-refractivity contribution in [3.05, 3.63) is 35.9 Å². The van der Waals surface area contributed by atoms with Crippen LogP contribution in [0.3, 0.4) is 0 Å². The fourth-order valence-electron chi connectivity index (χ4n) is 1.42. The number of esters is 1. The predicted octanol–water partition coefficient (Wildman–Crippen LogP) is 0.861. The standard InChI is InChI=1S/C12H15NO3/c1-2-16-12(15)11(14)10(8-13)9-6-4-3-5-7-9/h3-7,10H,2,8,13H2,1H3. The summed E-state index contributed by atoms with van der Waals surface area (Å²) in [5, 5.41) is 0. The van der Waals surface area contributed by atoms with Gasteiger partial charge in [0.1, 0.15) is 0 Å². The lowest BCUT2D eigenvalue weighted by Crippen LogP contribution is -2.29. The minimum atomic E-state index is -0.818. The highest BCUT2D eigenvalue weighted by molar-refractivity contribution is 6.35. The summed E-state index contributed by atoms with van der Waals surface area (Å²) in [5.41, 5.74) is 6.25. The Labute approximate surface area is 94.4 Å². The number of ketones is 1. The first-order chi connectivity index (χ1) is 7.70. The Kier molecular flexibility index (Phi) is 4.66. The van der Waals surface area contributed by atoms with Crippen LogP contribution in [0.2, 0.25) is 0 Å². The minimum Gasteiger partial charge on any atom is -0.460 e. The van der Waals surface area contributed by atoms with Gasteiger partial charge in [-0.2, -0.15) is 0 Å². The second-order valence-electron chi connectivity index (χ2n) is 3.28. The molecule has 1 aromatic rings. The number of carbonyl (C=O) groups is 2. The van der Waals surface area contributed by atoms with Gasteiger partial charge >= 0.3 is 5.97 Å². The van der Waals surface area contributed by atoms with Gasteiger partial charge in [0.25, 0.3) is 0 Å². The molecule has 1 aromatic carbocycles. The Morgan fingerprint density at radius 1 is 1.31 bits per heavy atom. The summed E-state index contributed by atoms with van der Waals surface area (Å²) < 4.78 is 4.66. The lowest BCUT2D eigenvalue weighted by molar-refractivity contribution is -0.154. The summed E-state index contributed by atoms with van der Waals surface area (Å²) in [6.07, 6.45) is 0. The van der Waals surface area contributed by atoms with Gasteiger partial charge in [0.05, 0.1) is 12.5 Å². The van der Waals surface area contributed by atoms with Gasteiger partial charge in [-0.3, -0.25) is 4.79 Å². The molecule has 86 valence electrons. The molecule has 0 aliphatic carbocycles. The minimum absolute atomic E-state index is 0.0989. The molecule has 1 unspecified atom stereocenters. The van der Waals surface area contributed by atoms with Crippen LogP contribution in [0.5, 0.6) is 0 Å². The molecule has 1 atom stereocenters. The maximum atomic E-state index is 11.7. The molecule has 4 heteroatoms. The van der Waals surface area contributed by atoms with E-state index in [-0.39, 0.29) is 13.2 Å². The molecule has 0 saturated heterocycles. The number of ether oxygens (including phenoxy) is 1. The average Bonchev–Trinajstić information content (AvgIpc) is 2.31. The van der Waals surface area contributed by atoms with Crippen LogP contribution in [-0.4, -0.2) is 24.9 Å². The molecule has 0 aliphatic heterocycles. The van der Waals surface area contributed by atoms with Crippen LogP contribution < -0.4 is 5.73 Å². The van der Waals surface area contributed by atoms with E-state index in [9.17, 15) is 9.59 Å². The number of hydrogen-bond acceptors (Lipinski definition) is 4. The van der Waals surface area contributed by atoms with E-state index in [1.165, 1.54) is 0 Å². The molecule has 0 heterocycles. The van der Waals surface area contributed by atoms with E-state index in [0.717, 1.165) is 5.56 Å². The van der Waals surface area contributed by atoms with Gasteiger partial charge < -0.3 is 10.5 Å². The van der Waals surface area contributed by atoms with Crippen LogP contribution in [0.1, 0.15) is 18.4 Å². The summed E-state index contributed by atoms with van der Waals surface area (Å²) in [6, 6.07) is 8.99. The van der Waals surface area contributed by atoms with Gasteiger partial charge in [-0.15, -0.1) is 0 Å². The van der Waals surface area contributed by atoms with E-state index in [0.29, 0.717) is 0 Å². The Bertz CT molecular complexity index is 362. The zero-order chi connectivity index (χ0) is 12.0. The van der Waals surface area contributed by atoms with Crippen LogP contribution in [-0.2, 0) is 14.3 Å². The Morgan fingerprint density at radius 2 is 1.94 bits per heavy atom. The molecule has 0 saturated carbocycles. The van der Waals surface area contributed by atoms with Gasteiger partial charge in [0, 0.05) is 6.54 Å². The second kappa shape index (κ2) is 6.02. The van der Waals surface area contributed by atoms with Crippen molar-refractivity contribution in [2.45, 2.75) is 12.8 Å². The lowest BCUT2D eigenvalue weighted by Gasteiger charge is -2.12. The molecule has 16 heavy (non-hydrogen) atoms. The van der Waals surface area contributed by atoms with E-state index < -0.39 is 17.7 Å². The molecule has 0 spiro atoms. The normalized spacial score (nSPS) is 11.9. The number of rotatable bonds is 5. The van der Waals surface area contributed by atoms with Crippen LogP contribution in [0.4, 0.5) is 0 Å². The Hall–Kier alpha value is -1.68. The Morgan fingerprint density at radius 3 is 2.44 bits per heavy atom. The van der Waals surface area contributed by atoms with E-state index in [2.05, 4.69) is 4.74 Å². The molecule has 0 aliphatic rings. The summed E-state index contributed by atoms with van der Waals surface area (Å²) in [5.74, 6) is -2.02. The molecule has 0 fully saturated rings. The number of carbonyl (C=O) groups excluding carboxylic acids is 2. The fourth-order valence-corrected chi connectivity index (χ4v) is 1.42. The van der Waals surface area contributed by atoms with Gasteiger partial charge in [0.15, 0.2) is 0 Å². The Balaban J connectivity index is 2.83. The van der Waals surface area contributed by atoms with Crippen molar-refractivity contribution in [1.29, 1.82) is 0 Å². The maximum Gasteiger partial charge on any atom is 0.375 e. The van der Waals surface area contributed by atoms with E-state index in [1.807, 2.05) is 6.07 Å². The van der Waals surface area contributed by atoms with Crippen molar-refractivity contribution in [2.75, 3.05) is 13.2 Å². The molecule has 4 nitrogen and oxygen atoms in total. The van der Waals surface area contributed by atoms with Crippen LogP contribution in [0, 0.1) is 0 Å². The third kappa shape index (κ3) is 2.90. The van der Waals surface area contributed by atoms with E-state index in [1.54, 1.807) is 31.2 Å². The number of Topliss-reactive ketones (excluding diaryl/α,β-unsaturated/α-hetero) is 1. The van der Waals surface area contributed by atoms with Crippen molar-refractivity contribution < 1.29 is 14.3 Å². The van der Waals surface area contributed by atoms with Crippen molar-refractivity contribution in [2.24, 2.45) is 5.73 Å². The van der Waals surface area contributed by atoms with Crippen LogP contribution in [0.25, 0.3) is 0 Å². The highest BCUT2D eigenvalue weighted by Gasteiger charge is 2.26. The maximum absolute atomic E-state index is 11.7. The summed E-state index contributed by atoms with van der Waals surface area (Å²) in [4.78, 5) is 23.0. The van der Waals surface area contributed by atoms with Crippen LogP contribution in [0.15, 0.2) is 30.3 Å². The molecular formula is C12H15NO3.